The summed E-state index contributed by atoms with van der Waals surface area (Å²) in [6.45, 7) is 8.95. The summed E-state index contributed by atoms with van der Waals surface area (Å²) in [6, 6.07) is 1.20. The molecule has 1 aliphatic heterocycles. The van der Waals surface area contributed by atoms with Gasteiger partial charge in [-0.25, -0.2) is 0 Å². The van der Waals surface area contributed by atoms with Crippen LogP contribution in [-0.4, -0.2) is 37.5 Å². The van der Waals surface area contributed by atoms with Crippen molar-refractivity contribution in [3.63, 3.8) is 0 Å². The smallest absolute Gasteiger partial charge is 0.0652 e. The lowest BCUT2D eigenvalue weighted by molar-refractivity contribution is -0.109. The third-order valence-corrected chi connectivity index (χ3v) is 4.60. The van der Waals surface area contributed by atoms with E-state index in [2.05, 4.69) is 33.0 Å². The van der Waals surface area contributed by atoms with Crippen molar-refractivity contribution < 1.29 is 9.47 Å². The van der Waals surface area contributed by atoms with Gasteiger partial charge in [0, 0.05) is 24.6 Å². The largest absolute Gasteiger partial charge is 0.381 e. The molecule has 1 aliphatic carbocycles. The van der Waals surface area contributed by atoms with Crippen LogP contribution in [0.3, 0.4) is 0 Å². The Morgan fingerprint density at radius 1 is 1.12 bits per heavy atom. The SMILES string of the molecule is COC1CC(NC2CC(C)OC(C)C2)C1(C)C. The van der Waals surface area contributed by atoms with Crippen LogP contribution in [0.25, 0.3) is 0 Å². The molecule has 0 aromatic heterocycles. The van der Waals surface area contributed by atoms with Gasteiger partial charge in [0.15, 0.2) is 0 Å². The number of hydrogen-bond acceptors (Lipinski definition) is 3. The topological polar surface area (TPSA) is 30.5 Å². The van der Waals surface area contributed by atoms with Gasteiger partial charge in [0.05, 0.1) is 18.3 Å². The van der Waals surface area contributed by atoms with E-state index in [1.54, 1.807) is 0 Å². The molecule has 0 aromatic carbocycles. The minimum atomic E-state index is 0.263. The Hall–Kier alpha value is -0.120. The Bertz CT molecular complexity index is 257. The van der Waals surface area contributed by atoms with Crippen LogP contribution in [0.15, 0.2) is 0 Å². The molecule has 0 bridgehead atoms. The van der Waals surface area contributed by atoms with Crippen molar-refractivity contribution >= 4 is 0 Å². The van der Waals surface area contributed by atoms with E-state index in [0.717, 1.165) is 19.3 Å². The van der Waals surface area contributed by atoms with Crippen LogP contribution in [0.5, 0.6) is 0 Å². The van der Waals surface area contributed by atoms with Crippen molar-refractivity contribution in [2.75, 3.05) is 7.11 Å². The molecule has 1 N–H and O–H groups in total. The van der Waals surface area contributed by atoms with E-state index in [4.69, 9.17) is 9.47 Å². The molecule has 0 aromatic rings. The second-order valence-electron chi connectivity index (χ2n) is 6.43. The summed E-state index contributed by atoms with van der Waals surface area (Å²) < 4.78 is 11.3. The molecule has 1 saturated carbocycles. The van der Waals surface area contributed by atoms with Crippen molar-refractivity contribution in [1.29, 1.82) is 0 Å². The van der Waals surface area contributed by atoms with Crippen LogP contribution < -0.4 is 5.32 Å². The third-order valence-electron chi connectivity index (χ3n) is 4.60. The number of hydrogen-bond donors (Lipinski definition) is 1. The van der Waals surface area contributed by atoms with E-state index in [0.29, 0.717) is 30.4 Å². The fraction of sp³-hybridized carbons (Fsp3) is 1.00. The van der Waals surface area contributed by atoms with Gasteiger partial charge in [0.2, 0.25) is 0 Å². The summed E-state index contributed by atoms with van der Waals surface area (Å²) in [5.41, 5.74) is 0.263. The zero-order valence-corrected chi connectivity index (χ0v) is 11.8. The average Bonchev–Trinajstić information content (AvgIpc) is 2.22. The van der Waals surface area contributed by atoms with Crippen molar-refractivity contribution in [2.24, 2.45) is 5.41 Å². The summed E-state index contributed by atoms with van der Waals surface area (Å²) in [5.74, 6) is 0. The lowest BCUT2D eigenvalue weighted by Crippen LogP contribution is -2.63. The van der Waals surface area contributed by atoms with E-state index < -0.39 is 0 Å². The predicted molar refractivity (Wildman–Crippen MR) is 69.1 cm³/mol. The standard InChI is InChI=1S/C14H27NO2/c1-9-6-11(7-10(2)17-9)15-12-8-13(16-5)14(12,3)4/h9-13,15H,6-8H2,1-5H3. The average molecular weight is 241 g/mol. The molecule has 1 heterocycles. The van der Waals surface area contributed by atoms with E-state index in [-0.39, 0.29) is 5.41 Å². The monoisotopic (exact) mass is 241 g/mol. The fourth-order valence-electron chi connectivity index (χ4n) is 3.39. The first-order valence-electron chi connectivity index (χ1n) is 6.87. The van der Waals surface area contributed by atoms with Crippen LogP contribution in [0, 0.1) is 5.41 Å². The summed E-state index contributed by atoms with van der Waals surface area (Å²) in [6.07, 6.45) is 4.59. The van der Waals surface area contributed by atoms with Gasteiger partial charge in [0.25, 0.3) is 0 Å². The second-order valence-corrected chi connectivity index (χ2v) is 6.43. The molecule has 2 fully saturated rings. The van der Waals surface area contributed by atoms with Gasteiger partial charge in [-0.15, -0.1) is 0 Å². The minimum absolute atomic E-state index is 0.263. The highest BCUT2D eigenvalue weighted by atomic mass is 16.5. The van der Waals surface area contributed by atoms with E-state index in [9.17, 15) is 0 Å². The van der Waals surface area contributed by atoms with Crippen LogP contribution in [0.4, 0.5) is 0 Å². The van der Waals surface area contributed by atoms with E-state index in [1.807, 2.05) is 7.11 Å². The highest BCUT2D eigenvalue weighted by Crippen LogP contribution is 2.43. The van der Waals surface area contributed by atoms with Gasteiger partial charge in [-0.05, 0) is 33.1 Å². The Kier molecular flexibility index (Phi) is 3.81. The highest BCUT2D eigenvalue weighted by molar-refractivity contribution is 5.04. The molecule has 1 saturated heterocycles. The maximum absolute atomic E-state index is 5.78. The van der Waals surface area contributed by atoms with E-state index in [1.165, 1.54) is 0 Å². The lowest BCUT2D eigenvalue weighted by Gasteiger charge is -2.53. The molecular weight excluding hydrogens is 214 g/mol. The maximum atomic E-state index is 5.78. The molecule has 3 nitrogen and oxygen atoms in total. The molecule has 2 rings (SSSR count). The van der Waals surface area contributed by atoms with Gasteiger partial charge in [-0.3, -0.25) is 0 Å². The zero-order chi connectivity index (χ0) is 12.6. The Balaban J connectivity index is 1.86. The van der Waals surface area contributed by atoms with Crippen molar-refractivity contribution in [2.45, 2.75) is 77.4 Å². The van der Waals surface area contributed by atoms with Crippen LogP contribution >= 0.6 is 0 Å². The Morgan fingerprint density at radius 3 is 2.18 bits per heavy atom. The first-order valence-corrected chi connectivity index (χ1v) is 6.87. The zero-order valence-electron chi connectivity index (χ0n) is 11.8. The van der Waals surface area contributed by atoms with Gasteiger partial charge in [-0.2, -0.15) is 0 Å². The quantitative estimate of drug-likeness (QED) is 0.822. The summed E-state index contributed by atoms with van der Waals surface area (Å²) >= 11 is 0. The molecule has 0 spiro atoms. The van der Waals surface area contributed by atoms with Crippen molar-refractivity contribution in [3.8, 4) is 0 Å². The molecule has 2 aliphatic rings. The number of ether oxygens (including phenoxy) is 2. The molecule has 17 heavy (non-hydrogen) atoms. The molecule has 0 amide bonds. The Morgan fingerprint density at radius 2 is 1.71 bits per heavy atom. The lowest BCUT2D eigenvalue weighted by atomic mass is 9.64. The third kappa shape index (κ3) is 2.67. The second kappa shape index (κ2) is 4.87. The number of rotatable bonds is 3. The van der Waals surface area contributed by atoms with Crippen molar-refractivity contribution in [1.82, 2.24) is 5.32 Å². The predicted octanol–water partition coefficient (Wildman–Crippen LogP) is 2.35. The maximum Gasteiger partial charge on any atom is 0.0652 e. The normalized spacial score (nSPS) is 45.4. The summed E-state index contributed by atoms with van der Waals surface area (Å²) in [4.78, 5) is 0. The molecule has 100 valence electrons. The molecule has 4 unspecified atom stereocenters. The van der Waals surface area contributed by atoms with Gasteiger partial charge in [-0.1, -0.05) is 13.8 Å². The highest BCUT2D eigenvalue weighted by Gasteiger charge is 2.49. The van der Waals surface area contributed by atoms with Gasteiger partial charge >= 0.3 is 0 Å². The fourth-order valence-corrected chi connectivity index (χ4v) is 3.39. The first-order chi connectivity index (χ1) is 7.93. The van der Waals surface area contributed by atoms with Gasteiger partial charge in [0.1, 0.15) is 0 Å². The number of nitrogens with one attached hydrogen (secondary N) is 1. The van der Waals surface area contributed by atoms with E-state index >= 15 is 0 Å². The van der Waals surface area contributed by atoms with Crippen molar-refractivity contribution in [3.05, 3.63) is 0 Å². The molecular formula is C14H27NO2. The Labute approximate surface area is 105 Å². The molecule has 0 radical (unpaired) electrons. The summed E-state index contributed by atoms with van der Waals surface area (Å²) in [7, 11) is 1.82. The molecule has 4 atom stereocenters. The first kappa shape index (κ1) is 13.3. The van der Waals surface area contributed by atoms with Crippen LogP contribution in [0.1, 0.15) is 47.0 Å². The number of methoxy groups -OCH3 is 1. The van der Waals surface area contributed by atoms with Gasteiger partial charge < -0.3 is 14.8 Å². The molecule has 3 heteroatoms. The summed E-state index contributed by atoms with van der Waals surface area (Å²) in [5, 5.41) is 3.81. The van der Waals surface area contributed by atoms with Crippen LogP contribution in [0.2, 0.25) is 0 Å². The van der Waals surface area contributed by atoms with Crippen LogP contribution in [-0.2, 0) is 9.47 Å². The minimum Gasteiger partial charge on any atom is -0.381 e.